The molecule has 0 aromatic carbocycles. The van der Waals surface area contributed by atoms with E-state index in [-0.39, 0.29) is 17.8 Å². The van der Waals surface area contributed by atoms with Crippen LogP contribution in [0.4, 0.5) is 16.3 Å². The van der Waals surface area contributed by atoms with E-state index in [1.165, 1.54) is 6.20 Å². The van der Waals surface area contributed by atoms with E-state index in [4.69, 9.17) is 15.9 Å². The van der Waals surface area contributed by atoms with Gasteiger partial charge in [-0.15, -0.1) is 0 Å². The van der Waals surface area contributed by atoms with Crippen molar-refractivity contribution in [3.05, 3.63) is 47.4 Å². The molecule has 2 aromatic heterocycles. The maximum Gasteiger partial charge on any atom is 0.320 e. The van der Waals surface area contributed by atoms with Gasteiger partial charge in [-0.05, 0) is 50.8 Å². The zero-order valence-corrected chi connectivity index (χ0v) is 18.6. The van der Waals surface area contributed by atoms with Crippen molar-refractivity contribution in [2.75, 3.05) is 44.4 Å². The van der Waals surface area contributed by atoms with Crippen LogP contribution in [0.2, 0.25) is 0 Å². The fourth-order valence-electron chi connectivity index (χ4n) is 4.73. The van der Waals surface area contributed by atoms with Crippen molar-refractivity contribution in [2.45, 2.75) is 25.8 Å². The number of rotatable bonds is 5. The SMILES string of the molecule is Cc1cc(C(=N)c2cnc(NC(=O)NC3CN(C)CC3C3CCOCC3)cc2N)ccn1. The summed E-state index contributed by atoms with van der Waals surface area (Å²) in [5, 5.41) is 14.4. The smallest absolute Gasteiger partial charge is 0.320 e. The highest BCUT2D eigenvalue weighted by Crippen LogP contribution is 2.31. The molecule has 2 saturated heterocycles. The zero-order chi connectivity index (χ0) is 22.7. The molecular weight excluding hydrogens is 406 g/mol. The molecule has 9 heteroatoms. The first-order valence-electron chi connectivity index (χ1n) is 11.0. The Labute approximate surface area is 188 Å². The topological polar surface area (TPSA) is 129 Å². The number of carbonyl (C=O) groups excluding carboxylic acids is 1. The highest BCUT2D eigenvalue weighted by atomic mass is 16.5. The van der Waals surface area contributed by atoms with E-state index >= 15 is 0 Å². The van der Waals surface area contributed by atoms with E-state index in [1.807, 2.05) is 13.0 Å². The van der Waals surface area contributed by atoms with E-state index in [0.717, 1.165) is 44.8 Å². The fourth-order valence-corrected chi connectivity index (χ4v) is 4.73. The van der Waals surface area contributed by atoms with E-state index in [9.17, 15) is 4.79 Å². The lowest BCUT2D eigenvalue weighted by Gasteiger charge is -2.31. The zero-order valence-electron chi connectivity index (χ0n) is 18.6. The Morgan fingerprint density at radius 1 is 1.25 bits per heavy atom. The number of ether oxygens (including phenoxy) is 1. The van der Waals surface area contributed by atoms with Gasteiger partial charge in [-0.2, -0.15) is 0 Å². The Balaban J connectivity index is 1.40. The Hall–Kier alpha value is -3.04. The van der Waals surface area contributed by atoms with Crippen LogP contribution in [0.5, 0.6) is 0 Å². The minimum Gasteiger partial charge on any atom is -0.398 e. The summed E-state index contributed by atoms with van der Waals surface area (Å²) < 4.78 is 5.50. The number of nitrogens with zero attached hydrogens (tertiary/aromatic N) is 3. The Morgan fingerprint density at radius 2 is 2.03 bits per heavy atom. The summed E-state index contributed by atoms with van der Waals surface area (Å²) in [6.07, 6.45) is 5.27. The number of nitrogens with two attached hydrogens (primary N) is 1. The number of urea groups is 1. The third-order valence-electron chi connectivity index (χ3n) is 6.37. The first-order chi connectivity index (χ1) is 15.4. The minimum absolute atomic E-state index is 0.0860. The molecule has 170 valence electrons. The molecule has 2 unspecified atom stereocenters. The number of likely N-dealkylation sites (N-methyl/N-ethyl adjacent to an activating group) is 1. The van der Waals surface area contributed by atoms with Gasteiger partial charge in [-0.25, -0.2) is 9.78 Å². The van der Waals surface area contributed by atoms with Crippen LogP contribution in [-0.2, 0) is 4.74 Å². The van der Waals surface area contributed by atoms with Crippen LogP contribution in [0.15, 0.2) is 30.6 Å². The normalized spacial score (nSPS) is 21.9. The number of pyridine rings is 2. The standard InChI is InChI=1S/C23H31N7O2/c1-14-9-16(3-6-26-14)22(25)17-11-27-21(10-19(17)24)29-23(31)28-20-13-30(2)12-18(20)15-4-7-32-8-5-15/h3,6,9-11,15,18,20,25H,4-5,7-8,12-13H2,1-2H3,(H4,24,27,28,29,31). The van der Waals surface area contributed by atoms with Crippen LogP contribution in [0, 0.1) is 24.2 Å². The van der Waals surface area contributed by atoms with Crippen LogP contribution in [0.1, 0.15) is 29.7 Å². The molecule has 5 N–H and O–H groups in total. The monoisotopic (exact) mass is 437 g/mol. The summed E-state index contributed by atoms with van der Waals surface area (Å²) >= 11 is 0. The van der Waals surface area contributed by atoms with Crippen LogP contribution in [-0.4, -0.2) is 66.0 Å². The van der Waals surface area contributed by atoms with Crippen molar-refractivity contribution in [3.8, 4) is 0 Å². The predicted octanol–water partition coefficient (Wildman–Crippen LogP) is 2.26. The Kier molecular flexibility index (Phi) is 6.66. The lowest BCUT2D eigenvalue weighted by Crippen LogP contribution is -2.45. The van der Waals surface area contributed by atoms with Crippen molar-refractivity contribution in [1.82, 2.24) is 20.2 Å². The number of anilines is 2. The summed E-state index contributed by atoms with van der Waals surface area (Å²) in [6.45, 7) is 5.28. The van der Waals surface area contributed by atoms with Crippen molar-refractivity contribution in [3.63, 3.8) is 0 Å². The average molecular weight is 438 g/mol. The van der Waals surface area contributed by atoms with E-state index in [0.29, 0.717) is 34.5 Å². The van der Waals surface area contributed by atoms with Crippen molar-refractivity contribution < 1.29 is 9.53 Å². The molecule has 2 fully saturated rings. The van der Waals surface area contributed by atoms with Crippen LogP contribution in [0.25, 0.3) is 0 Å². The van der Waals surface area contributed by atoms with Crippen molar-refractivity contribution in [1.29, 1.82) is 5.41 Å². The van der Waals surface area contributed by atoms with Gasteiger partial charge in [0, 0.05) is 73.3 Å². The molecule has 32 heavy (non-hydrogen) atoms. The second-order valence-corrected chi connectivity index (χ2v) is 8.76. The van der Waals surface area contributed by atoms with Gasteiger partial charge < -0.3 is 20.7 Å². The van der Waals surface area contributed by atoms with Gasteiger partial charge in [0.1, 0.15) is 5.82 Å². The second kappa shape index (κ2) is 9.62. The molecule has 9 nitrogen and oxygen atoms in total. The highest BCUT2D eigenvalue weighted by Gasteiger charge is 2.37. The summed E-state index contributed by atoms with van der Waals surface area (Å²) in [5.41, 5.74) is 8.89. The van der Waals surface area contributed by atoms with Gasteiger partial charge in [0.25, 0.3) is 0 Å². The molecule has 0 spiro atoms. The Morgan fingerprint density at radius 3 is 2.75 bits per heavy atom. The number of likely N-dealkylation sites (tertiary alicyclic amines) is 1. The molecule has 2 aromatic rings. The first-order valence-corrected chi connectivity index (χ1v) is 11.0. The number of nitrogens with one attached hydrogen (secondary N) is 3. The summed E-state index contributed by atoms with van der Waals surface area (Å²) in [7, 11) is 2.09. The van der Waals surface area contributed by atoms with Gasteiger partial charge in [0.2, 0.25) is 0 Å². The molecule has 4 rings (SSSR count). The van der Waals surface area contributed by atoms with Crippen LogP contribution in [0.3, 0.4) is 0 Å². The van der Waals surface area contributed by atoms with Crippen LogP contribution >= 0.6 is 0 Å². The maximum absolute atomic E-state index is 12.7. The third-order valence-corrected chi connectivity index (χ3v) is 6.37. The van der Waals surface area contributed by atoms with E-state index in [1.54, 1.807) is 18.3 Å². The molecule has 2 aliphatic heterocycles. The highest BCUT2D eigenvalue weighted by molar-refractivity contribution is 6.13. The lowest BCUT2D eigenvalue weighted by molar-refractivity contribution is 0.0449. The number of carbonyl (C=O) groups is 1. The summed E-state index contributed by atoms with van der Waals surface area (Å²) in [6, 6.07) is 4.98. The quantitative estimate of drug-likeness (QED) is 0.531. The van der Waals surface area contributed by atoms with Crippen LogP contribution < -0.4 is 16.4 Å². The van der Waals surface area contributed by atoms with Gasteiger partial charge in [0.05, 0.1) is 5.71 Å². The molecule has 2 amide bonds. The van der Waals surface area contributed by atoms with Gasteiger partial charge >= 0.3 is 6.03 Å². The average Bonchev–Trinajstić information content (AvgIpc) is 3.13. The molecule has 2 aliphatic rings. The minimum atomic E-state index is -0.290. The molecule has 0 aliphatic carbocycles. The molecule has 2 atom stereocenters. The summed E-state index contributed by atoms with van der Waals surface area (Å²) in [4.78, 5) is 23.4. The maximum atomic E-state index is 12.7. The van der Waals surface area contributed by atoms with Crippen molar-refractivity contribution >= 4 is 23.2 Å². The Bertz CT molecular complexity index is 990. The predicted molar refractivity (Wildman–Crippen MR) is 124 cm³/mol. The second-order valence-electron chi connectivity index (χ2n) is 8.76. The third kappa shape index (κ3) is 5.05. The van der Waals surface area contributed by atoms with Gasteiger partial charge in [0.15, 0.2) is 0 Å². The number of nitrogen functional groups attached to an aromatic ring is 1. The molecule has 0 bridgehead atoms. The number of aromatic nitrogens is 2. The fraction of sp³-hybridized carbons (Fsp3) is 0.478. The van der Waals surface area contributed by atoms with Gasteiger partial charge in [-0.3, -0.25) is 15.7 Å². The van der Waals surface area contributed by atoms with Crippen molar-refractivity contribution in [2.24, 2.45) is 11.8 Å². The molecule has 0 saturated carbocycles. The number of hydrogen-bond acceptors (Lipinski definition) is 7. The number of hydrogen-bond donors (Lipinski definition) is 4. The molecule has 4 heterocycles. The number of aryl methyl sites for hydroxylation is 1. The molecule has 0 radical (unpaired) electrons. The van der Waals surface area contributed by atoms with Gasteiger partial charge in [-0.1, -0.05) is 0 Å². The van der Waals surface area contributed by atoms with E-state index < -0.39 is 0 Å². The lowest BCUT2D eigenvalue weighted by atomic mass is 9.83. The largest absolute Gasteiger partial charge is 0.398 e. The van der Waals surface area contributed by atoms with E-state index in [2.05, 4.69) is 32.5 Å². The number of amides is 2. The summed E-state index contributed by atoms with van der Waals surface area (Å²) in [5.74, 6) is 1.34. The molecular formula is C23H31N7O2. The first kappa shape index (κ1) is 22.2.